The van der Waals surface area contributed by atoms with E-state index in [0.29, 0.717) is 12.3 Å². The first-order chi connectivity index (χ1) is 7.71. The standard InChI is InChI=1S/C13H23NO3/c1-9-5-10(9)8-14(4)11(15)6-13(2,3)7-12(16)17/h9-10H,5-8H2,1-4H3,(H,16,17). The van der Waals surface area contributed by atoms with Gasteiger partial charge < -0.3 is 10.0 Å². The van der Waals surface area contributed by atoms with Crippen molar-refractivity contribution in [3.8, 4) is 0 Å². The van der Waals surface area contributed by atoms with E-state index in [9.17, 15) is 9.59 Å². The molecular weight excluding hydrogens is 218 g/mol. The predicted octanol–water partition coefficient (Wildman–Crippen LogP) is 1.99. The Balaban J connectivity index is 2.38. The van der Waals surface area contributed by atoms with Crippen LogP contribution in [0.1, 0.15) is 40.0 Å². The number of nitrogens with zero attached hydrogens (tertiary/aromatic N) is 1. The molecule has 1 fully saturated rings. The van der Waals surface area contributed by atoms with E-state index in [4.69, 9.17) is 5.11 Å². The van der Waals surface area contributed by atoms with Gasteiger partial charge in [0.25, 0.3) is 0 Å². The molecule has 0 aromatic rings. The third kappa shape index (κ3) is 4.75. The van der Waals surface area contributed by atoms with E-state index in [2.05, 4.69) is 6.92 Å². The zero-order valence-electron chi connectivity index (χ0n) is 11.2. The van der Waals surface area contributed by atoms with Crippen LogP contribution in [0.15, 0.2) is 0 Å². The minimum atomic E-state index is -0.846. The summed E-state index contributed by atoms with van der Waals surface area (Å²) in [5.41, 5.74) is -0.466. The van der Waals surface area contributed by atoms with Gasteiger partial charge in [-0.3, -0.25) is 9.59 Å². The predicted molar refractivity (Wildman–Crippen MR) is 65.6 cm³/mol. The average Bonchev–Trinajstić information content (AvgIpc) is 2.77. The third-order valence-corrected chi connectivity index (χ3v) is 3.47. The molecule has 1 amide bonds. The first-order valence-corrected chi connectivity index (χ1v) is 6.17. The topological polar surface area (TPSA) is 57.6 Å². The van der Waals surface area contributed by atoms with Gasteiger partial charge in [0.1, 0.15) is 0 Å². The van der Waals surface area contributed by atoms with Crippen molar-refractivity contribution in [2.45, 2.75) is 40.0 Å². The Morgan fingerprint density at radius 3 is 2.29 bits per heavy atom. The Morgan fingerprint density at radius 2 is 1.88 bits per heavy atom. The largest absolute Gasteiger partial charge is 0.481 e. The Kier molecular flexibility index (Phi) is 4.17. The summed E-state index contributed by atoms with van der Waals surface area (Å²) in [5, 5.41) is 8.77. The Hall–Kier alpha value is -1.06. The van der Waals surface area contributed by atoms with E-state index in [0.717, 1.165) is 12.5 Å². The minimum absolute atomic E-state index is 0.0341. The number of carbonyl (C=O) groups excluding carboxylic acids is 1. The lowest BCUT2D eigenvalue weighted by molar-refractivity contribution is -0.140. The van der Waals surface area contributed by atoms with E-state index < -0.39 is 11.4 Å². The second kappa shape index (κ2) is 5.07. The van der Waals surface area contributed by atoms with E-state index in [1.54, 1.807) is 4.90 Å². The summed E-state index contributed by atoms with van der Waals surface area (Å²) < 4.78 is 0. The molecule has 2 unspecified atom stereocenters. The van der Waals surface area contributed by atoms with Gasteiger partial charge >= 0.3 is 5.97 Å². The minimum Gasteiger partial charge on any atom is -0.481 e. The smallest absolute Gasteiger partial charge is 0.303 e. The van der Waals surface area contributed by atoms with Crippen molar-refractivity contribution in [3.05, 3.63) is 0 Å². The molecule has 2 atom stereocenters. The average molecular weight is 241 g/mol. The molecule has 0 aromatic heterocycles. The van der Waals surface area contributed by atoms with Crippen LogP contribution in [0.4, 0.5) is 0 Å². The van der Waals surface area contributed by atoms with Gasteiger partial charge in [0, 0.05) is 20.0 Å². The third-order valence-electron chi connectivity index (χ3n) is 3.47. The van der Waals surface area contributed by atoms with Crippen molar-refractivity contribution < 1.29 is 14.7 Å². The van der Waals surface area contributed by atoms with Crippen molar-refractivity contribution in [1.82, 2.24) is 4.90 Å². The second-order valence-electron chi connectivity index (χ2n) is 6.16. The Bertz CT molecular complexity index is 312. The van der Waals surface area contributed by atoms with Crippen molar-refractivity contribution in [3.63, 3.8) is 0 Å². The monoisotopic (exact) mass is 241 g/mol. The molecule has 0 spiro atoms. The molecule has 0 aliphatic heterocycles. The molecule has 0 radical (unpaired) electrons. The quantitative estimate of drug-likeness (QED) is 0.773. The van der Waals surface area contributed by atoms with Gasteiger partial charge in [-0.2, -0.15) is 0 Å². The van der Waals surface area contributed by atoms with Crippen LogP contribution in [-0.4, -0.2) is 35.5 Å². The van der Waals surface area contributed by atoms with Gasteiger partial charge in [-0.15, -0.1) is 0 Å². The number of carboxylic acid groups (broad SMARTS) is 1. The normalized spacial score (nSPS) is 23.3. The Labute approximate surface area is 103 Å². The molecule has 98 valence electrons. The number of hydrogen-bond acceptors (Lipinski definition) is 2. The number of aliphatic carboxylic acids is 1. The van der Waals surface area contributed by atoms with Crippen LogP contribution in [0.2, 0.25) is 0 Å². The highest BCUT2D eigenvalue weighted by Gasteiger charge is 2.35. The SMILES string of the molecule is CC1CC1CN(C)C(=O)CC(C)(C)CC(=O)O. The summed E-state index contributed by atoms with van der Waals surface area (Å²) in [7, 11) is 1.81. The summed E-state index contributed by atoms with van der Waals surface area (Å²) in [4.78, 5) is 24.4. The zero-order chi connectivity index (χ0) is 13.2. The van der Waals surface area contributed by atoms with Crippen LogP contribution in [-0.2, 0) is 9.59 Å². The van der Waals surface area contributed by atoms with Crippen LogP contribution in [0.3, 0.4) is 0 Å². The lowest BCUT2D eigenvalue weighted by Crippen LogP contribution is -2.33. The van der Waals surface area contributed by atoms with Crippen LogP contribution >= 0.6 is 0 Å². The highest BCUT2D eigenvalue weighted by atomic mass is 16.4. The van der Waals surface area contributed by atoms with E-state index in [1.807, 2.05) is 20.9 Å². The van der Waals surface area contributed by atoms with Crippen molar-refractivity contribution >= 4 is 11.9 Å². The molecule has 1 aliphatic carbocycles. The van der Waals surface area contributed by atoms with Crippen LogP contribution in [0.25, 0.3) is 0 Å². The lowest BCUT2D eigenvalue weighted by atomic mass is 9.85. The molecule has 1 saturated carbocycles. The maximum Gasteiger partial charge on any atom is 0.303 e. The molecule has 1 N–H and O–H groups in total. The molecule has 1 aliphatic rings. The maximum atomic E-state index is 11.9. The van der Waals surface area contributed by atoms with Crippen molar-refractivity contribution in [1.29, 1.82) is 0 Å². The van der Waals surface area contributed by atoms with Gasteiger partial charge in [0.2, 0.25) is 5.91 Å². The Morgan fingerprint density at radius 1 is 1.35 bits per heavy atom. The van der Waals surface area contributed by atoms with E-state index in [-0.39, 0.29) is 12.3 Å². The second-order valence-corrected chi connectivity index (χ2v) is 6.16. The van der Waals surface area contributed by atoms with Gasteiger partial charge in [0.15, 0.2) is 0 Å². The zero-order valence-corrected chi connectivity index (χ0v) is 11.2. The lowest BCUT2D eigenvalue weighted by Gasteiger charge is -2.25. The summed E-state index contributed by atoms with van der Waals surface area (Å²) in [6.07, 6.45) is 1.54. The maximum absolute atomic E-state index is 11.9. The summed E-state index contributed by atoms with van der Waals surface area (Å²) in [6.45, 7) is 6.65. The number of amides is 1. The fraction of sp³-hybridized carbons (Fsp3) is 0.846. The van der Waals surface area contributed by atoms with Gasteiger partial charge in [-0.05, 0) is 23.7 Å². The van der Waals surface area contributed by atoms with Gasteiger partial charge in [-0.1, -0.05) is 20.8 Å². The molecule has 0 aromatic carbocycles. The summed E-state index contributed by atoms with van der Waals surface area (Å²) in [6, 6.07) is 0. The van der Waals surface area contributed by atoms with Crippen LogP contribution in [0, 0.1) is 17.3 Å². The van der Waals surface area contributed by atoms with Crippen LogP contribution < -0.4 is 0 Å². The summed E-state index contributed by atoms with van der Waals surface area (Å²) >= 11 is 0. The molecule has 0 heterocycles. The molecule has 0 bridgehead atoms. The van der Waals surface area contributed by atoms with Gasteiger partial charge in [0.05, 0.1) is 6.42 Å². The van der Waals surface area contributed by atoms with Gasteiger partial charge in [-0.25, -0.2) is 0 Å². The first kappa shape index (κ1) is 14.0. The van der Waals surface area contributed by atoms with Crippen LogP contribution in [0.5, 0.6) is 0 Å². The fourth-order valence-electron chi connectivity index (χ4n) is 2.12. The summed E-state index contributed by atoms with van der Waals surface area (Å²) in [5.74, 6) is 0.584. The molecule has 17 heavy (non-hydrogen) atoms. The molecule has 4 heteroatoms. The number of carbonyl (C=O) groups is 2. The van der Waals surface area contributed by atoms with E-state index in [1.165, 1.54) is 6.42 Å². The van der Waals surface area contributed by atoms with E-state index >= 15 is 0 Å². The molecule has 0 saturated heterocycles. The van der Waals surface area contributed by atoms with Crippen molar-refractivity contribution in [2.24, 2.45) is 17.3 Å². The number of carboxylic acids is 1. The highest BCUT2D eigenvalue weighted by Crippen LogP contribution is 2.38. The molecule has 1 rings (SSSR count). The number of rotatable bonds is 6. The highest BCUT2D eigenvalue weighted by molar-refractivity contribution is 5.77. The fourth-order valence-corrected chi connectivity index (χ4v) is 2.12. The molecular formula is C13H23NO3. The van der Waals surface area contributed by atoms with Crippen molar-refractivity contribution in [2.75, 3.05) is 13.6 Å². The number of hydrogen-bond donors (Lipinski definition) is 1. The molecule has 4 nitrogen and oxygen atoms in total. The first-order valence-electron chi connectivity index (χ1n) is 6.17.